The zero-order chi connectivity index (χ0) is 12.6. The van der Waals surface area contributed by atoms with Crippen molar-refractivity contribution < 1.29 is 13.2 Å². The van der Waals surface area contributed by atoms with Gasteiger partial charge in [0.15, 0.2) is 0 Å². The van der Waals surface area contributed by atoms with E-state index in [1.165, 1.54) is 12.1 Å². The van der Waals surface area contributed by atoms with Gasteiger partial charge in [-0.05, 0) is 24.3 Å². The Labute approximate surface area is 109 Å². The molecule has 0 bridgehead atoms. The summed E-state index contributed by atoms with van der Waals surface area (Å²) in [5.41, 5.74) is -0.729. The highest BCUT2D eigenvalue weighted by atomic mass is 79.9. The highest BCUT2D eigenvalue weighted by Crippen LogP contribution is 2.35. The fourth-order valence-corrected chi connectivity index (χ4v) is 2.18. The highest BCUT2D eigenvalue weighted by molar-refractivity contribution is 9.10. The molecule has 0 amide bonds. The molecular formula is C12H5BrClF3. The molecule has 0 spiro atoms. The first kappa shape index (κ1) is 12.5. The first-order valence-electron chi connectivity index (χ1n) is 4.59. The number of benzene rings is 2. The molecule has 0 aromatic heterocycles. The van der Waals surface area contributed by atoms with E-state index in [-0.39, 0.29) is 15.1 Å². The van der Waals surface area contributed by atoms with Crippen LogP contribution in [0.2, 0.25) is 5.02 Å². The van der Waals surface area contributed by atoms with Crippen LogP contribution in [0.5, 0.6) is 0 Å². The Hall–Kier alpha value is -1.00. The number of hydrogen-bond acceptors (Lipinski definition) is 0. The lowest BCUT2D eigenvalue weighted by atomic mass is 10.0. The predicted molar refractivity (Wildman–Crippen MR) is 64.5 cm³/mol. The van der Waals surface area contributed by atoms with E-state index in [4.69, 9.17) is 11.6 Å². The molecular weight excluding hydrogens is 316 g/mol. The van der Waals surface area contributed by atoms with Crippen molar-refractivity contribution in [3.8, 4) is 11.1 Å². The smallest absolute Gasteiger partial charge is 0.135 e. The third-order valence-corrected chi connectivity index (χ3v) is 2.99. The third kappa shape index (κ3) is 2.33. The van der Waals surface area contributed by atoms with Gasteiger partial charge in [0.25, 0.3) is 0 Å². The summed E-state index contributed by atoms with van der Waals surface area (Å²) in [5.74, 6) is -2.51. The van der Waals surface area contributed by atoms with E-state index in [1.54, 1.807) is 0 Å². The zero-order valence-corrected chi connectivity index (χ0v) is 10.6. The second-order valence-electron chi connectivity index (χ2n) is 3.34. The molecule has 5 heteroatoms. The highest BCUT2D eigenvalue weighted by Gasteiger charge is 2.18. The van der Waals surface area contributed by atoms with Crippen LogP contribution < -0.4 is 0 Å². The summed E-state index contributed by atoms with van der Waals surface area (Å²) in [6.07, 6.45) is 0. The van der Waals surface area contributed by atoms with Crippen molar-refractivity contribution in [2.75, 3.05) is 0 Å². The molecule has 0 heterocycles. The summed E-state index contributed by atoms with van der Waals surface area (Å²) in [4.78, 5) is 0. The van der Waals surface area contributed by atoms with E-state index in [0.717, 1.165) is 18.2 Å². The van der Waals surface area contributed by atoms with E-state index in [1.807, 2.05) is 0 Å². The Kier molecular flexibility index (Phi) is 3.45. The van der Waals surface area contributed by atoms with Gasteiger partial charge in [0.05, 0.1) is 10.6 Å². The molecule has 0 unspecified atom stereocenters. The normalized spacial score (nSPS) is 10.6. The average Bonchev–Trinajstić information content (AvgIpc) is 2.21. The van der Waals surface area contributed by atoms with Gasteiger partial charge in [0, 0.05) is 10.0 Å². The van der Waals surface area contributed by atoms with Gasteiger partial charge < -0.3 is 0 Å². The molecule has 0 nitrogen and oxygen atoms in total. The van der Waals surface area contributed by atoms with Gasteiger partial charge in [-0.1, -0.05) is 33.6 Å². The van der Waals surface area contributed by atoms with E-state index >= 15 is 0 Å². The van der Waals surface area contributed by atoms with Crippen LogP contribution in [-0.4, -0.2) is 0 Å². The number of rotatable bonds is 1. The van der Waals surface area contributed by atoms with Crippen LogP contribution in [0.3, 0.4) is 0 Å². The minimum Gasteiger partial charge on any atom is -0.206 e. The zero-order valence-electron chi connectivity index (χ0n) is 8.28. The van der Waals surface area contributed by atoms with Crippen molar-refractivity contribution in [3.63, 3.8) is 0 Å². The van der Waals surface area contributed by atoms with Gasteiger partial charge in [-0.2, -0.15) is 0 Å². The molecule has 0 saturated carbocycles. The predicted octanol–water partition coefficient (Wildman–Crippen LogP) is 5.19. The van der Waals surface area contributed by atoms with Crippen LogP contribution in [0.1, 0.15) is 0 Å². The Morgan fingerprint density at radius 1 is 0.882 bits per heavy atom. The maximum atomic E-state index is 13.7. The summed E-state index contributed by atoms with van der Waals surface area (Å²) < 4.78 is 41.1. The first-order valence-corrected chi connectivity index (χ1v) is 5.76. The minimum atomic E-state index is -0.871. The molecule has 2 aromatic rings. The fraction of sp³-hybridized carbons (Fsp3) is 0. The standard InChI is InChI=1S/C12H5BrClF3/c13-6-4-9(16)12(10(17)5-6)11-7(14)2-1-3-8(11)15/h1-5H. The average molecular weight is 322 g/mol. The van der Waals surface area contributed by atoms with Crippen LogP contribution in [0.15, 0.2) is 34.8 Å². The first-order chi connectivity index (χ1) is 8.00. The number of hydrogen-bond donors (Lipinski definition) is 0. The largest absolute Gasteiger partial charge is 0.206 e. The molecule has 17 heavy (non-hydrogen) atoms. The van der Waals surface area contributed by atoms with Crippen LogP contribution in [-0.2, 0) is 0 Å². The van der Waals surface area contributed by atoms with Crippen LogP contribution >= 0.6 is 27.5 Å². The lowest BCUT2D eigenvalue weighted by Gasteiger charge is -2.09. The van der Waals surface area contributed by atoms with E-state index in [9.17, 15) is 13.2 Å². The molecule has 0 saturated heterocycles. The Balaban J connectivity index is 2.77. The topological polar surface area (TPSA) is 0 Å². The molecule has 0 atom stereocenters. The summed E-state index contributed by atoms with van der Waals surface area (Å²) >= 11 is 8.71. The second kappa shape index (κ2) is 4.70. The molecule has 0 radical (unpaired) electrons. The Bertz CT molecular complexity index is 541. The lowest BCUT2D eigenvalue weighted by Crippen LogP contribution is -1.94. The summed E-state index contributed by atoms with van der Waals surface area (Å²) in [7, 11) is 0. The van der Waals surface area contributed by atoms with Gasteiger partial charge in [0.1, 0.15) is 17.5 Å². The van der Waals surface area contributed by atoms with Crippen molar-refractivity contribution in [1.29, 1.82) is 0 Å². The molecule has 2 rings (SSSR count). The van der Waals surface area contributed by atoms with Gasteiger partial charge >= 0.3 is 0 Å². The van der Waals surface area contributed by atoms with Gasteiger partial charge in [-0.25, -0.2) is 13.2 Å². The van der Waals surface area contributed by atoms with Crippen molar-refractivity contribution in [2.45, 2.75) is 0 Å². The molecule has 0 aliphatic heterocycles. The van der Waals surface area contributed by atoms with Crippen molar-refractivity contribution in [2.24, 2.45) is 0 Å². The van der Waals surface area contributed by atoms with E-state index < -0.39 is 23.0 Å². The van der Waals surface area contributed by atoms with E-state index in [0.29, 0.717) is 0 Å². The molecule has 0 N–H and O–H groups in total. The minimum absolute atomic E-state index is 0.0369. The van der Waals surface area contributed by atoms with Gasteiger partial charge in [-0.3, -0.25) is 0 Å². The second-order valence-corrected chi connectivity index (χ2v) is 4.66. The summed E-state index contributed by atoms with van der Waals surface area (Å²) in [6, 6.07) is 5.96. The van der Waals surface area contributed by atoms with Crippen molar-refractivity contribution in [1.82, 2.24) is 0 Å². The van der Waals surface area contributed by atoms with Crippen LogP contribution in [0.4, 0.5) is 13.2 Å². The number of halogens is 5. The molecule has 88 valence electrons. The summed E-state index contributed by atoms with van der Waals surface area (Å²) in [5, 5.41) is -0.0369. The van der Waals surface area contributed by atoms with E-state index in [2.05, 4.69) is 15.9 Å². The summed E-state index contributed by atoms with van der Waals surface area (Å²) in [6.45, 7) is 0. The third-order valence-electron chi connectivity index (χ3n) is 2.22. The van der Waals surface area contributed by atoms with Crippen LogP contribution in [0.25, 0.3) is 11.1 Å². The quantitative estimate of drug-likeness (QED) is 0.678. The fourth-order valence-electron chi connectivity index (χ4n) is 1.52. The Morgan fingerprint density at radius 3 is 2.00 bits per heavy atom. The molecule has 0 fully saturated rings. The van der Waals surface area contributed by atoms with Crippen LogP contribution in [0, 0.1) is 17.5 Å². The van der Waals surface area contributed by atoms with Crippen molar-refractivity contribution >= 4 is 27.5 Å². The lowest BCUT2D eigenvalue weighted by molar-refractivity contribution is 0.581. The monoisotopic (exact) mass is 320 g/mol. The molecule has 0 aliphatic rings. The SMILES string of the molecule is Fc1cc(Br)cc(F)c1-c1c(F)cccc1Cl. The Morgan fingerprint density at radius 2 is 1.47 bits per heavy atom. The van der Waals surface area contributed by atoms with Crippen molar-refractivity contribution in [3.05, 3.63) is 57.3 Å². The maximum absolute atomic E-state index is 13.7. The maximum Gasteiger partial charge on any atom is 0.135 e. The van der Waals surface area contributed by atoms with Gasteiger partial charge in [0.2, 0.25) is 0 Å². The van der Waals surface area contributed by atoms with Gasteiger partial charge in [-0.15, -0.1) is 0 Å². The molecule has 0 aliphatic carbocycles. The molecule has 2 aromatic carbocycles.